The maximum atomic E-state index is 4.10. The van der Waals surface area contributed by atoms with E-state index in [0.717, 1.165) is 25.2 Å². The molecule has 0 aliphatic heterocycles. The van der Waals surface area contributed by atoms with Gasteiger partial charge in [0.05, 0.1) is 0 Å². The molecule has 0 heterocycles. The maximum absolute atomic E-state index is 4.10. The first-order chi connectivity index (χ1) is 9.52. The average molecular weight is 269 g/mol. The second-order valence-corrected chi connectivity index (χ2v) is 5.51. The van der Waals surface area contributed by atoms with E-state index in [0.29, 0.717) is 0 Å². The molecular weight excluding hydrogens is 242 g/mol. The van der Waals surface area contributed by atoms with E-state index in [1.807, 2.05) is 0 Å². The topological polar surface area (TPSA) is 3.24 Å². The summed E-state index contributed by atoms with van der Waals surface area (Å²) in [6, 6.07) is 10.6. The minimum atomic E-state index is 0.949. The summed E-state index contributed by atoms with van der Waals surface area (Å²) in [5.41, 5.74) is 5.13. The summed E-state index contributed by atoms with van der Waals surface area (Å²) >= 11 is 0. The number of likely N-dealkylation sites (N-methyl/N-ethyl adjacent to an activating group) is 1. The summed E-state index contributed by atoms with van der Waals surface area (Å²) in [5, 5.41) is 0. The van der Waals surface area contributed by atoms with Crippen molar-refractivity contribution in [1.29, 1.82) is 0 Å². The second-order valence-electron chi connectivity index (χ2n) is 5.51. The Hall–Kier alpha value is -1.60. The van der Waals surface area contributed by atoms with Gasteiger partial charge in [0.2, 0.25) is 0 Å². The Morgan fingerprint density at radius 2 is 1.75 bits per heavy atom. The van der Waals surface area contributed by atoms with Crippen LogP contribution < -0.4 is 0 Å². The predicted molar refractivity (Wildman–Crippen MR) is 89.7 cm³/mol. The van der Waals surface area contributed by atoms with Crippen molar-refractivity contribution in [2.45, 2.75) is 34.2 Å². The highest BCUT2D eigenvalue weighted by Gasteiger charge is 2.07. The van der Waals surface area contributed by atoms with Crippen molar-refractivity contribution in [3.8, 4) is 0 Å². The van der Waals surface area contributed by atoms with E-state index in [1.165, 1.54) is 16.7 Å². The molecule has 0 N–H and O–H groups in total. The lowest BCUT2D eigenvalue weighted by molar-refractivity contribution is 0.305. The summed E-state index contributed by atoms with van der Waals surface area (Å²) < 4.78 is 0. The van der Waals surface area contributed by atoms with Gasteiger partial charge in [0.1, 0.15) is 0 Å². The fraction of sp³-hybridized carbons (Fsp3) is 0.368. The molecule has 1 rings (SSSR count). The zero-order valence-electron chi connectivity index (χ0n) is 13.3. The molecular formula is C19H27N. The Labute approximate surface area is 124 Å². The second kappa shape index (κ2) is 8.55. The van der Waals surface area contributed by atoms with Crippen LogP contribution in [-0.4, -0.2) is 18.0 Å². The van der Waals surface area contributed by atoms with Gasteiger partial charge in [0.15, 0.2) is 0 Å². The molecule has 0 amide bonds. The van der Waals surface area contributed by atoms with Gasteiger partial charge in [0, 0.05) is 13.1 Å². The van der Waals surface area contributed by atoms with E-state index >= 15 is 0 Å². The molecule has 0 bridgehead atoms. The number of benzene rings is 1. The zero-order chi connectivity index (χ0) is 15.0. The molecule has 108 valence electrons. The van der Waals surface area contributed by atoms with Crippen LogP contribution in [0.4, 0.5) is 0 Å². The van der Waals surface area contributed by atoms with Crippen molar-refractivity contribution in [2.75, 3.05) is 13.1 Å². The lowest BCUT2D eigenvalue weighted by Crippen LogP contribution is -2.25. The fourth-order valence-electron chi connectivity index (χ4n) is 1.96. The van der Waals surface area contributed by atoms with Gasteiger partial charge in [-0.25, -0.2) is 0 Å². The number of hydrogen-bond acceptors (Lipinski definition) is 1. The molecule has 1 aromatic carbocycles. The van der Waals surface area contributed by atoms with Crippen LogP contribution in [0.2, 0.25) is 0 Å². The van der Waals surface area contributed by atoms with Gasteiger partial charge < -0.3 is 0 Å². The molecule has 0 saturated heterocycles. The first kappa shape index (κ1) is 16.5. The first-order valence-corrected chi connectivity index (χ1v) is 7.29. The third-order valence-corrected chi connectivity index (χ3v) is 3.26. The molecule has 0 atom stereocenters. The van der Waals surface area contributed by atoms with Crippen molar-refractivity contribution in [3.63, 3.8) is 0 Å². The van der Waals surface area contributed by atoms with Crippen LogP contribution >= 0.6 is 0 Å². The van der Waals surface area contributed by atoms with Crippen LogP contribution in [0.3, 0.4) is 0 Å². The molecule has 1 nitrogen and oxygen atoms in total. The lowest BCUT2D eigenvalue weighted by atomic mass is 10.1. The summed E-state index contributed by atoms with van der Waals surface area (Å²) in [4.78, 5) is 2.44. The molecule has 0 spiro atoms. The largest absolute Gasteiger partial charge is 0.295 e. The maximum Gasteiger partial charge on any atom is 0.0239 e. The molecule has 1 aromatic rings. The zero-order valence-corrected chi connectivity index (χ0v) is 13.3. The molecule has 20 heavy (non-hydrogen) atoms. The summed E-state index contributed by atoms with van der Waals surface area (Å²) in [6.45, 7) is 15.6. The summed E-state index contributed by atoms with van der Waals surface area (Å²) in [6.07, 6.45) is 4.37. The normalized spacial score (nSPS) is 11.6. The Balaban J connectivity index is 2.77. The van der Waals surface area contributed by atoms with Gasteiger partial charge in [-0.3, -0.25) is 4.90 Å². The van der Waals surface area contributed by atoms with E-state index in [-0.39, 0.29) is 0 Å². The molecule has 1 heteroatoms. The Morgan fingerprint density at radius 3 is 2.25 bits per heavy atom. The number of hydrogen-bond donors (Lipinski definition) is 0. The quantitative estimate of drug-likeness (QED) is 0.631. The molecule has 0 unspecified atom stereocenters. The van der Waals surface area contributed by atoms with E-state index in [1.54, 1.807) is 0 Å². The van der Waals surface area contributed by atoms with E-state index in [2.05, 4.69) is 81.7 Å². The molecule has 0 saturated carbocycles. The third kappa shape index (κ3) is 6.03. The van der Waals surface area contributed by atoms with Crippen molar-refractivity contribution in [1.82, 2.24) is 4.90 Å². The van der Waals surface area contributed by atoms with Gasteiger partial charge in [0.25, 0.3) is 0 Å². The first-order valence-electron chi connectivity index (χ1n) is 7.29. The van der Waals surface area contributed by atoms with Crippen molar-refractivity contribution >= 4 is 0 Å². The average Bonchev–Trinajstić information content (AvgIpc) is 2.42. The van der Waals surface area contributed by atoms with Crippen molar-refractivity contribution < 1.29 is 0 Å². The van der Waals surface area contributed by atoms with Crippen LogP contribution in [0, 0.1) is 0 Å². The minimum absolute atomic E-state index is 0.949. The molecule has 0 aliphatic rings. The Bertz CT molecular complexity index is 476. The smallest absolute Gasteiger partial charge is 0.0239 e. The van der Waals surface area contributed by atoms with Crippen molar-refractivity contribution in [3.05, 3.63) is 71.3 Å². The summed E-state index contributed by atoms with van der Waals surface area (Å²) in [5.74, 6) is 0. The molecule has 0 aliphatic carbocycles. The monoisotopic (exact) mass is 269 g/mol. The fourth-order valence-corrected chi connectivity index (χ4v) is 1.96. The van der Waals surface area contributed by atoms with Gasteiger partial charge >= 0.3 is 0 Å². The molecule has 0 radical (unpaired) electrons. The predicted octanol–water partition coefficient (Wildman–Crippen LogP) is 4.98. The van der Waals surface area contributed by atoms with E-state index < -0.39 is 0 Å². The summed E-state index contributed by atoms with van der Waals surface area (Å²) in [7, 11) is 0. The third-order valence-electron chi connectivity index (χ3n) is 3.26. The number of rotatable bonds is 7. The minimum Gasteiger partial charge on any atom is -0.295 e. The highest BCUT2D eigenvalue weighted by molar-refractivity contribution is 5.32. The molecule has 0 fully saturated rings. The van der Waals surface area contributed by atoms with E-state index in [4.69, 9.17) is 0 Å². The van der Waals surface area contributed by atoms with Gasteiger partial charge in [-0.15, -0.1) is 0 Å². The van der Waals surface area contributed by atoms with Crippen LogP contribution in [0.15, 0.2) is 65.8 Å². The van der Waals surface area contributed by atoms with Crippen LogP contribution in [0.5, 0.6) is 0 Å². The van der Waals surface area contributed by atoms with Crippen LogP contribution in [0.25, 0.3) is 0 Å². The van der Waals surface area contributed by atoms with Crippen LogP contribution in [-0.2, 0) is 6.54 Å². The highest BCUT2D eigenvalue weighted by atomic mass is 15.1. The Morgan fingerprint density at radius 1 is 1.10 bits per heavy atom. The van der Waals surface area contributed by atoms with Gasteiger partial charge in [-0.1, -0.05) is 67.1 Å². The number of nitrogens with zero attached hydrogens (tertiary/aromatic N) is 1. The number of allylic oxidation sites excluding steroid dienone is 3. The standard InChI is InChI=1S/C19H27N/c1-6-20(14-18-10-8-7-9-11-18)15-19(17(4)5)13-12-16(2)3/h7-13H,4,6,14-15H2,1-3,5H3/b19-13-. The molecule has 0 aromatic heterocycles. The van der Waals surface area contributed by atoms with Gasteiger partial charge in [-0.2, -0.15) is 0 Å². The van der Waals surface area contributed by atoms with Crippen molar-refractivity contribution in [2.24, 2.45) is 0 Å². The Kier molecular flexibility index (Phi) is 7.03. The lowest BCUT2D eigenvalue weighted by Gasteiger charge is -2.22. The highest BCUT2D eigenvalue weighted by Crippen LogP contribution is 2.13. The van der Waals surface area contributed by atoms with Gasteiger partial charge in [-0.05, 0) is 38.5 Å². The van der Waals surface area contributed by atoms with E-state index in [9.17, 15) is 0 Å². The SMILES string of the molecule is C=C(C)/C(=C\C=C(C)C)CN(CC)Cc1ccccc1. The van der Waals surface area contributed by atoms with Crippen LogP contribution in [0.1, 0.15) is 33.3 Å².